The highest BCUT2D eigenvalue weighted by Crippen LogP contribution is 2.36. The van der Waals surface area contributed by atoms with Crippen molar-refractivity contribution in [1.29, 1.82) is 0 Å². The molecule has 3 aromatic carbocycles. The smallest absolute Gasteiger partial charge is 0.417 e. The van der Waals surface area contributed by atoms with Crippen molar-refractivity contribution < 1.29 is 32.6 Å². The largest absolute Gasteiger partial charge is 0.491 e. The molecule has 0 radical (unpaired) electrons. The summed E-state index contributed by atoms with van der Waals surface area (Å²) < 4.78 is 49.2. The molecule has 2 atom stereocenters. The van der Waals surface area contributed by atoms with Crippen molar-refractivity contribution in [2.24, 2.45) is 0 Å². The fraction of sp³-hybridized carbons (Fsp3) is 0.250. The van der Waals surface area contributed by atoms with Gasteiger partial charge in [0.2, 0.25) is 0 Å². The van der Waals surface area contributed by atoms with Gasteiger partial charge in [-0.15, -0.1) is 0 Å². The first-order valence-corrected chi connectivity index (χ1v) is 16.7. The summed E-state index contributed by atoms with van der Waals surface area (Å²) in [6.45, 7) is 3.14. The maximum Gasteiger partial charge on any atom is 0.417 e. The van der Waals surface area contributed by atoms with Crippen molar-refractivity contribution in [3.05, 3.63) is 128 Å². The summed E-state index contributed by atoms with van der Waals surface area (Å²) >= 11 is 2.92. The number of aliphatic hydroxyl groups excluding tert-OH is 1. The van der Waals surface area contributed by atoms with Gasteiger partial charge >= 0.3 is 11.9 Å². The molecule has 0 aliphatic carbocycles. The Morgan fingerprint density at radius 1 is 1.10 bits per heavy atom. The fourth-order valence-corrected chi connectivity index (χ4v) is 6.42. The van der Waals surface area contributed by atoms with E-state index in [-0.39, 0.29) is 47.7 Å². The van der Waals surface area contributed by atoms with Crippen LogP contribution in [0.2, 0.25) is 0 Å². The van der Waals surface area contributed by atoms with Crippen LogP contribution < -0.4 is 15.7 Å². The Hall–Kier alpha value is -5.28. The van der Waals surface area contributed by atoms with Crippen LogP contribution in [0, 0.1) is 0 Å². The van der Waals surface area contributed by atoms with Crippen LogP contribution >= 0.6 is 15.9 Å². The SMILES string of the molecule is C[C@@H](O)COc1ccc(-n2c(C(=O)NCc3ccccc3-c3ccncn3)c3n(c2=O)C[C@H](C)N(C(=O)c2ccc(Br)c(C(F)(F)F)c2)C3)cc1. The third-order valence-electron chi connectivity index (χ3n) is 8.44. The number of fused-ring (bicyclic) bond motifs is 1. The number of benzene rings is 3. The van der Waals surface area contributed by atoms with Crippen molar-refractivity contribution in [1.82, 2.24) is 29.3 Å². The first-order valence-electron chi connectivity index (χ1n) is 15.9. The van der Waals surface area contributed by atoms with Gasteiger partial charge in [-0.05, 0) is 67.9 Å². The summed E-state index contributed by atoms with van der Waals surface area (Å²) in [7, 11) is 0. The quantitative estimate of drug-likeness (QED) is 0.200. The number of carbonyl (C=O) groups excluding carboxylic acids is 2. The number of ether oxygens (including phenoxy) is 1. The molecule has 15 heteroatoms. The summed E-state index contributed by atoms with van der Waals surface area (Å²) in [5.74, 6) is -0.864. The fourth-order valence-electron chi connectivity index (χ4n) is 5.94. The number of nitrogens with one attached hydrogen (secondary N) is 1. The van der Waals surface area contributed by atoms with E-state index in [2.05, 4.69) is 31.2 Å². The van der Waals surface area contributed by atoms with Crippen LogP contribution in [0.4, 0.5) is 13.2 Å². The lowest BCUT2D eigenvalue weighted by molar-refractivity contribution is -0.138. The van der Waals surface area contributed by atoms with E-state index < -0.39 is 41.4 Å². The molecule has 2 amide bonds. The monoisotopic (exact) mass is 764 g/mol. The average Bonchev–Trinajstić information content (AvgIpc) is 3.40. The van der Waals surface area contributed by atoms with E-state index in [1.54, 1.807) is 50.4 Å². The molecule has 51 heavy (non-hydrogen) atoms. The number of carbonyl (C=O) groups is 2. The highest BCUT2D eigenvalue weighted by molar-refractivity contribution is 9.10. The van der Waals surface area contributed by atoms with E-state index in [9.17, 15) is 32.7 Å². The normalized spacial score (nSPS) is 14.9. The number of aliphatic hydroxyl groups is 1. The molecule has 11 nitrogen and oxygen atoms in total. The lowest BCUT2D eigenvalue weighted by atomic mass is 10.0. The third kappa shape index (κ3) is 7.44. The standard InChI is InChI=1S/C36H32BrF3N6O5/c1-21-17-45-31(18-44(21)34(49)23-7-12-29(37)28(15-23)36(38,39)40)32(46(35(45)50)25-8-10-26(11-9-25)51-19-22(2)47)33(48)42-16-24-5-3-4-6-27(24)30-13-14-41-20-43-30/h3-15,20-22,47H,16-19H2,1-2H3,(H,42,48)/t21-,22+/m0/s1. The predicted octanol–water partition coefficient (Wildman–Crippen LogP) is 5.61. The van der Waals surface area contributed by atoms with E-state index in [1.165, 1.54) is 32.5 Å². The first-order chi connectivity index (χ1) is 24.3. The van der Waals surface area contributed by atoms with E-state index in [4.69, 9.17) is 4.74 Å². The summed E-state index contributed by atoms with van der Waals surface area (Å²) in [5.41, 5.74) is 0.967. The molecule has 2 aromatic heterocycles. The minimum absolute atomic E-state index is 0.0119. The number of halogens is 4. The maximum atomic E-state index is 14.2. The number of hydrogen-bond acceptors (Lipinski definition) is 7. The van der Waals surface area contributed by atoms with Crippen molar-refractivity contribution in [3.63, 3.8) is 0 Å². The summed E-state index contributed by atoms with van der Waals surface area (Å²) in [4.78, 5) is 51.7. The van der Waals surface area contributed by atoms with Crippen LogP contribution in [0.3, 0.4) is 0 Å². The van der Waals surface area contributed by atoms with Crippen LogP contribution in [0.1, 0.15) is 51.5 Å². The molecule has 3 heterocycles. The van der Waals surface area contributed by atoms with Crippen LogP contribution in [-0.2, 0) is 25.8 Å². The van der Waals surface area contributed by atoms with E-state index in [1.807, 2.05) is 24.3 Å². The molecular weight excluding hydrogens is 733 g/mol. The van der Waals surface area contributed by atoms with Gasteiger partial charge in [0.15, 0.2) is 0 Å². The van der Waals surface area contributed by atoms with Gasteiger partial charge in [0.05, 0.1) is 35.3 Å². The zero-order valence-electron chi connectivity index (χ0n) is 27.4. The molecule has 6 rings (SSSR count). The number of amides is 2. The third-order valence-corrected chi connectivity index (χ3v) is 9.13. The molecule has 5 aromatic rings. The average molecular weight is 766 g/mol. The minimum atomic E-state index is -4.70. The zero-order chi connectivity index (χ0) is 36.4. The van der Waals surface area contributed by atoms with Gasteiger partial charge in [-0.2, -0.15) is 13.2 Å². The number of imidazole rings is 1. The van der Waals surface area contributed by atoms with Crippen molar-refractivity contribution >= 4 is 27.7 Å². The maximum absolute atomic E-state index is 14.2. The van der Waals surface area contributed by atoms with Gasteiger partial charge in [0, 0.05) is 40.9 Å². The molecule has 2 N–H and O–H groups in total. The number of alkyl halides is 3. The Kier molecular flexibility index (Phi) is 10.1. The van der Waals surface area contributed by atoms with Crippen LogP contribution in [0.15, 0.2) is 94.6 Å². The number of nitrogens with zero attached hydrogens (tertiary/aromatic N) is 5. The lowest BCUT2D eigenvalue weighted by Crippen LogP contribution is -2.47. The number of hydrogen-bond donors (Lipinski definition) is 2. The van der Waals surface area contributed by atoms with Gasteiger partial charge in [-0.3, -0.25) is 18.7 Å². The molecule has 0 unspecified atom stereocenters. The van der Waals surface area contributed by atoms with Crippen LogP contribution in [0.5, 0.6) is 5.75 Å². The Bertz CT molecular complexity index is 2130. The number of rotatable bonds is 9. The van der Waals surface area contributed by atoms with Gasteiger partial charge in [0.1, 0.15) is 24.4 Å². The Balaban J connectivity index is 1.39. The van der Waals surface area contributed by atoms with E-state index in [0.29, 0.717) is 17.1 Å². The highest BCUT2D eigenvalue weighted by Gasteiger charge is 2.37. The molecule has 1 aliphatic heterocycles. The number of aromatic nitrogens is 4. The molecular formula is C36H32BrF3N6O5. The van der Waals surface area contributed by atoms with Crippen molar-refractivity contribution in [2.45, 2.75) is 51.8 Å². The minimum Gasteiger partial charge on any atom is -0.491 e. The zero-order valence-corrected chi connectivity index (χ0v) is 29.0. The lowest BCUT2D eigenvalue weighted by Gasteiger charge is -2.34. The Morgan fingerprint density at radius 3 is 2.53 bits per heavy atom. The first kappa shape index (κ1) is 35.5. The van der Waals surface area contributed by atoms with Gasteiger partial charge < -0.3 is 20.1 Å². The van der Waals surface area contributed by atoms with Crippen molar-refractivity contribution in [2.75, 3.05) is 6.61 Å². The van der Waals surface area contributed by atoms with E-state index in [0.717, 1.165) is 17.2 Å². The Labute approximate surface area is 298 Å². The van der Waals surface area contributed by atoms with Gasteiger partial charge in [-0.25, -0.2) is 14.8 Å². The second kappa shape index (κ2) is 14.5. The van der Waals surface area contributed by atoms with Crippen LogP contribution in [-0.4, -0.2) is 59.7 Å². The van der Waals surface area contributed by atoms with Crippen molar-refractivity contribution in [3.8, 4) is 22.7 Å². The van der Waals surface area contributed by atoms with E-state index >= 15 is 0 Å². The summed E-state index contributed by atoms with van der Waals surface area (Å²) in [6, 6.07) is 18.1. The molecule has 0 saturated heterocycles. The highest BCUT2D eigenvalue weighted by atomic mass is 79.9. The molecule has 0 saturated carbocycles. The molecule has 0 spiro atoms. The summed E-state index contributed by atoms with van der Waals surface area (Å²) in [6.07, 6.45) is -2.37. The molecule has 264 valence electrons. The second-order valence-corrected chi connectivity index (χ2v) is 12.9. The molecule has 0 fully saturated rings. The van der Waals surface area contributed by atoms with Gasteiger partial charge in [0.25, 0.3) is 11.8 Å². The molecule has 1 aliphatic rings. The topological polar surface area (TPSA) is 132 Å². The Morgan fingerprint density at radius 2 is 1.84 bits per heavy atom. The second-order valence-electron chi connectivity index (χ2n) is 12.1. The van der Waals surface area contributed by atoms with Crippen LogP contribution in [0.25, 0.3) is 16.9 Å². The van der Waals surface area contributed by atoms with Gasteiger partial charge in [-0.1, -0.05) is 40.2 Å². The molecule has 0 bridgehead atoms. The summed E-state index contributed by atoms with van der Waals surface area (Å²) in [5, 5.41) is 12.5. The predicted molar refractivity (Wildman–Crippen MR) is 184 cm³/mol.